The topological polar surface area (TPSA) is 83.6 Å². The summed E-state index contributed by atoms with van der Waals surface area (Å²) in [6.07, 6.45) is 0. The summed E-state index contributed by atoms with van der Waals surface area (Å²) in [5.41, 5.74) is 0.0927. The summed E-state index contributed by atoms with van der Waals surface area (Å²) in [4.78, 5) is -0.149. The molecule has 0 fully saturated rings. The Morgan fingerprint density at radius 2 is 1.50 bits per heavy atom. The molecule has 142 valence electrons. The van der Waals surface area contributed by atoms with E-state index in [4.69, 9.17) is 23.2 Å². The first kappa shape index (κ1) is 21.0. The van der Waals surface area contributed by atoms with Crippen molar-refractivity contribution in [1.29, 1.82) is 0 Å². The second kappa shape index (κ2) is 8.14. The van der Waals surface area contributed by atoms with Crippen LogP contribution in [0.4, 0.5) is 5.69 Å². The van der Waals surface area contributed by atoms with Gasteiger partial charge >= 0.3 is 0 Å². The standard InChI is InChI=1S/C16H18Cl2N2O4S2/c1-3-20(4-2)26(23,24)16-11-13(7-10-15(16)18)19-25(21,22)14-8-5-12(17)6-9-14/h5-11,19H,3-4H2,1-2H3. The van der Waals surface area contributed by atoms with Crippen molar-refractivity contribution in [2.75, 3.05) is 17.8 Å². The molecule has 0 amide bonds. The summed E-state index contributed by atoms with van der Waals surface area (Å²) in [5, 5.41) is 0.425. The number of nitrogens with zero attached hydrogens (tertiary/aromatic N) is 1. The number of benzene rings is 2. The molecule has 0 unspecified atom stereocenters. The van der Waals surface area contributed by atoms with Crippen LogP contribution in [0.5, 0.6) is 0 Å². The van der Waals surface area contributed by atoms with Crippen molar-refractivity contribution >= 4 is 48.9 Å². The van der Waals surface area contributed by atoms with E-state index in [1.165, 1.54) is 46.8 Å². The molecule has 0 radical (unpaired) electrons. The molecule has 2 aromatic carbocycles. The number of rotatable bonds is 7. The van der Waals surface area contributed by atoms with Crippen LogP contribution in [0.15, 0.2) is 52.3 Å². The number of hydrogen-bond donors (Lipinski definition) is 1. The van der Waals surface area contributed by atoms with Gasteiger partial charge in [-0.2, -0.15) is 4.31 Å². The molecule has 0 atom stereocenters. The third-order valence-corrected chi connectivity index (χ3v) is 7.81. The van der Waals surface area contributed by atoms with Gasteiger partial charge in [-0.3, -0.25) is 4.72 Å². The van der Waals surface area contributed by atoms with E-state index < -0.39 is 20.0 Å². The number of anilines is 1. The summed E-state index contributed by atoms with van der Waals surface area (Å²) in [5.74, 6) is 0. The van der Waals surface area contributed by atoms with Crippen LogP contribution in [0.1, 0.15) is 13.8 Å². The summed E-state index contributed by atoms with van der Waals surface area (Å²) in [6, 6.07) is 9.57. The van der Waals surface area contributed by atoms with Crippen LogP contribution in [0, 0.1) is 0 Å². The fraction of sp³-hybridized carbons (Fsp3) is 0.250. The monoisotopic (exact) mass is 436 g/mol. The van der Waals surface area contributed by atoms with Crippen molar-refractivity contribution < 1.29 is 16.8 Å². The molecule has 0 heterocycles. The number of sulfonamides is 2. The van der Waals surface area contributed by atoms with E-state index in [-0.39, 0.29) is 33.6 Å². The molecular formula is C16H18Cl2N2O4S2. The molecular weight excluding hydrogens is 419 g/mol. The van der Waals surface area contributed by atoms with Gasteiger partial charge in [0.05, 0.1) is 15.6 Å². The molecule has 0 aliphatic heterocycles. The van der Waals surface area contributed by atoms with Crippen molar-refractivity contribution in [3.05, 3.63) is 52.5 Å². The zero-order chi connectivity index (χ0) is 19.5. The van der Waals surface area contributed by atoms with E-state index in [9.17, 15) is 16.8 Å². The van der Waals surface area contributed by atoms with Gasteiger partial charge in [0.2, 0.25) is 10.0 Å². The number of halogens is 2. The van der Waals surface area contributed by atoms with Crippen molar-refractivity contribution in [2.45, 2.75) is 23.6 Å². The summed E-state index contributed by atoms with van der Waals surface area (Å²) in [7, 11) is -7.73. The smallest absolute Gasteiger partial charge is 0.261 e. The summed E-state index contributed by atoms with van der Waals surface area (Å²) < 4.78 is 53.9. The number of nitrogens with one attached hydrogen (secondary N) is 1. The van der Waals surface area contributed by atoms with Gasteiger partial charge in [0, 0.05) is 18.1 Å². The lowest BCUT2D eigenvalue weighted by atomic mass is 10.3. The number of hydrogen-bond acceptors (Lipinski definition) is 4. The Morgan fingerprint density at radius 3 is 2.04 bits per heavy atom. The Morgan fingerprint density at radius 1 is 0.923 bits per heavy atom. The van der Waals surface area contributed by atoms with Crippen LogP contribution in [0.25, 0.3) is 0 Å². The van der Waals surface area contributed by atoms with Gasteiger partial charge in [-0.15, -0.1) is 0 Å². The van der Waals surface area contributed by atoms with Crippen LogP contribution < -0.4 is 4.72 Å². The molecule has 10 heteroatoms. The normalized spacial score (nSPS) is 12.3. The van der Waals surface area contributed by atoms with Crippen LogP contribution >= 0.6 is 23.2 Å². The highest BCUT2D eigenvalue weighted by Gasteiger charge is 2.25. The minimum atomic E-state index is -3.90. The molecule has 2 rings (SSSR count). The minimum absolute atomic E-state index is 0.00463. The first-order chi connectivity index (χ1) is 12.1. The van der Waals surface area contributed by atoms with Gasteiger partial charge in [-0.25, -0.2) is 16.8 Å². The SMILES string of the molecule is CCN(CC)S(=O)(=O)c1cc(NS(=O)(=O)c2ccc(Cl)cc2)ccc1Cl. The molecule has 0 aliphatic rings. The first-order valence-electron chi connectivity index (χ1n) is 7.70. The molecule has 0 aliphatic carbocycles. The molecule has 0 saturated carbocycles. The fourth-order valence-electron chi connectivity index (χ4n) is 2.29. The van der Waals surface area contributed by atoms with E-state index in [1.807, 2.05) is 0 Å². The highest BCUT2D eigenvalue weighted by Crippen LogP contribution is 2.29. The van der Waals surface area contributed by atoms with E-state index in [2.05, 4.69) is 4.72 Å². The maximum Gasteiger partial charge on any atom is 0.261 e. The second-order valence-corrected chi connectivity index (χ2v) is 9.73. The van der Waals surface area contributed by atoms with Crippen LogP contribution in [0.3, 0.4) is 0 Å². The average molecular weight is 437 g/mol. The molecule has 26 heavy (non-hydrogen) atoms. The third-order valence-electron chi connectivity index (χ3n) is 3.63. The second-order valence-electron chi connectivity index (χ2n) is 5.29. The maximum atomic E-state index is 12.7. The van der Waals surface area contributed by atoms with Crippen LogP contribution in [-0.2, 0) is 20.0 Å². The highest BCUT2D eigenvalue weighted by atomic mass is 35.5. The zero-order valence-electron chi connectivity index (χ0n) is 14.1. The Labute approximate surface area is 163 Å². The Kier molecular flexibility index (Phi) is 6.57. The molecule has 1 N–H and O–H groups in total. The van der Waals surface area contributed by atoms with E-state index in [1.54, 1.807) is 13.8 Å². The minimum Gasteiger partial charge on any atom is -0.280 e. The summed E-state index contributed by atoms with van der Waals surface area (Å²) in [6.45, 7) is 3.97. The van der Waals surface area contributed by atoms with Crippen LogP contribution in [0.2, 0.25) is 10.0 Å². The Balaban J connectivity index is 2.42. The van der Waals surface area contributed by atoms with Crippen molar-refractivity contribution in [3.8, 4) is 0 Å². The lowest BCUT2D eigenvalue weighted by Gasteiger charge is -2.20. The molecule has 2 aromatic rings. The predicted octanol–water partition coefficient (Wildman–Crippen LogP) is 3.82. The van der Waals surface area contributed by atoms with Gasteiger partial charge in [0.25, 0.3) is 10.0 Å². The first-order valence-corrected chi connectivity index (χ1v) is 11.4. The largest absolute Gasteiger partial charge is 0.280 e. The summed E-state index contributed by atoms with van der Waals surface area (Å²) >= 11 is 11.8. The maximum absolute atomic E-state index is 12.7. The highest BCUT2D eigenvalue weighted by molar-refractivity contribution is 7.92. The fourth-order valence-corrected chi connectivity index (χ4v) is 5.43. The predicted molar refractivity (Wildman–Crippen MR) is 104 cm³/mol. The quantitative estimate of drug-likeness (QED) is 0.714. The lowest BCUT2D eigenvalue weighted by molar-refractivity contribution is 0.445. The van der Waals surface area contributed by atoms with E-state index in [0.717, 1.165) is 0 Å². The Bertz CT molecular complexity index is 987. The molecule has 0 saturated heterocycles. The van der Waals surface area contributed by atoms with E-state index in [0.29, 0.717) is 5.02 Å². The van der Waals surface area contributed by atoms with Crippen molar-refractivity contribution in [3.63, 3.8) is 0 Å². The molecule has 0 bridgehead atoms. The Hall–Kier alpha value is -1.32. The van der Waals surface area contributed by atoms with Crippen LogP contribution in [-0.4, -0.2) is 34.2 Å². The molecule has 0 spiro atoms. The molecule has 0 aromatic heterocycles. The zero-order valence-corrected chi connectivity index (χ0v) is 17.3. The van der Waals surface area contributed by atoms with Gasteiger partial charge in [-0.05, 0) is 42.5 Å². The van der Waals surface area contributed by atoms with Crippen molar-refractivity contribution in [1.82, 2.24) is 4.31 Å². The lowest BCUT2D eigenvalue weighted by Crippen LogP contribution is -2.30. The van der Waals surface area contributed by atoms with E-state index >= 15 is 0 Å². The average Bonchev–Trinajstić information content (AvgIpc) is 2.57. The third kappa shape index (κ3) is 4.50. The van der Waals surface area contributed by atoms with Gasteiger partial charge in [-0.1, -0.05) is 37.0 Å². The van der Waals surface area contributed by atoms with Gasteiger partial charge < -0.3 is 0 Å². The van der Waals surface area contributed by atoms with Gasteiger partial charge in [0.1, 0.15) is 4.90 Å². The van der Waals surface area contributed by atoms with Crippen molar-refractivity contribution in [2.24, 2.45) is 0 Å². The molecule has 6 nitrogen and oxygen atoms in total. The van der Waals surface area contributed by atoms with Gasteiger partial charge in [0.15, 0.2) is 0 Å².